The van der Waals surface area contributed by atoms with E-state index in [0.29, 0.717) is 10.3 Å². The number of carbonyl (C=O) groups excluding carboxylic acids is 1. The normalized spacial score (nSPS) is 12.4. The van der Waals surface area contributed by atoms with Crippen LogP contribution >= 0.6 is 11.3 Å². The Hall–Kier alpha value is -3.26. The minimum absolute atomic E-state index is 0.0167. The van der Waals surface area contributed by atoms with E-state index >= 15 is 0 Å². The number of nitro groups is 1. The number of non-ortho nitro benzene ring substituents is 1. The topological polar surface area (TPSA) is 105 Å². The molecule has 0 aliphatic rings. The van der Waals surface area contributed by atoms with E-state index in [9.17, 15) is 20.0 Å². The number of hydrazone groups is 1. The van der Waals surface area contributed by atoms with E-state index in [1.165, 1.54) is 23.5 Å². The predicted molar refractivity (Wildman–Crippen MR) is 129 cm³/mol. The first-order chi connectivity index (χ1) is 14.8. The van der Waals surface area contributed by atoms with Gasteiger partial charge in [0.1, 0.15) is 5.75 Å². The summed E-state index contributed by atoms with van der Waals surface area (Å²) >= 11 is 1.24. The number of benzene rings is 2. The number of hydrogen-bond donors (Lipinski definition) is 2. The van der Waals surface area contributed by atoms with Gasteiger partial charge in [0.05, 0.1) is 16.0 Å². The Kier molecular flexibility index (Phi) is 6.11. The standard InChI is InChI=1S/C24H27N3O4S/c1-23(2,3)17-9-14(10-18(21(17)28)24(4,5)6)13-25-26-22(29)20-12-15-11-16(27(30)31)7-8-19(15)32-20/h7-13,28H,1-6H3,(H,26,29). The summed E-state index contributed by atoms with van der Waals surface area (Å²) in [6.45, 7) is 12.2. The van der Waals surface area contributed by atoms with Crippen molar-refractivity contribution < 1.29 is 14.8 Å². The molecule has 1 heterocycles. The van der Waals surface area contributed by atoms with Crippen LogP contribution in [-0.2, 0) is 10.8 Å². The van der Waals surface area contributed by atoms with E-state index in [2.05, 4.69) is 10.5 Å². The highest BCUT2D eigenvalue weighted by molar-refractivity contribution is 7.20. The van der Waals surface area contributed by atoms with Crippen molar-refractivity contribution in [3.05, 3.63) is 68.1 Å². The second-order valence-electron chi connectivity index (χ2n) is 9.75. The maximum Gasteiger partial charge on any atom is 0.281 e. The Morgan fingerprint density at radius 2 is 1.66 bits per heavy atom. The first-order valence-electron chi connectivity index (χ1n) is 10.2. The van der Waals surface area contributed by atoms with E-state index < -0.39 is 10.8 Å². The summed E-state index contributed by atoms with van der Waals surface area (Å²) in [4.78, 5) is 23.4. The van der Waals surface area contributed by atoms with Crippen molar-refractivity contribution >= 4 is 39.2 Å². The van der Waals surface area contributed by atoms with Gasteiger partial charge in [-0.25, -0.2) is 5.43 Å². The number of amides is 1. The first kappa shape index (κ1) is 23.4. The Morgan fingerprint density at radius 3 is 2.19 bits per heavy atom. The molecule has 7 nitrogen and oxygen atoms in total. The molecule has 0 aliphatic carbocycles. The molecule has 0 aliphatic heterocycles. The van der Waals surface area contributed by atoms with Crippen LogP contribution in [0.3, 0.4) is 0 Å². The van der Waals surface area contributed by atoms with Gasteiger partial charge in [-0.1, -0.05) is 41.5 Å². The zero-order valence-electron chi connectivity index (χ0n) is 19.0. The zero-order chi connectivity index (χ0) is 23.8. The molecule has 0 spiro atoms. The second-order valence-corrected chi connectivity index (χ2v) is 10.8. The van der Waals surface area contributed by atoms with Crippen molar-refractivity contribution in [1.29, 1.82) is 0 Å². The minimum atomic E-state index is -0.462. The van der Waals surface area contributed by atoms with E-state index in [1.807, 2.05) is 53.7 Å². The summed E-state index contributed by atoms with van der Waals surface area (Å²) < 4.78 is 0.785. The summed E-state index contributed by atoms with van der Waals surface area (Å²) in [5, 5.41) is 26.5. The third kappa shape index (κ3) is 4.96. The molecule has 32 heavy (non-hydrogen) atoms. The molecule has 0 saturated carbocycles. The lowest BCUT2D eigenvalue weighted by Crippen LogP contribution is -2.18. The van der Waals surface area contributed by atoms with Crippen LogP contribution in [0.1, 0.15) is 67.9 Å². The number of nitro benzene ring substituents is 1. The van der Waals surface area contributed by atoms with E-state index in [0.717, 1.165) is 21.4 Å². The van der Waals surface area contributed by atoms with Gasteiger partial charge in [0.25, 0.3) is 11.6 Å². The predicted octanol–water partition coefficient (Wildman–Crippen LogP) is 5.87. The molecule has 2 aromatic carbocycles. The summed E-state index contributed by atoms with van der Waals surface area (Å²) in [5.41, 5.74) is 4.36. The number of rotatable bonds is 4. The molecule has 1 aromatic heterocycles. The molecule has 0 unspecified atom stereocenters. The number of nitrogens with zero attached hydrogens (tertiary/aromatic N) is 2. The van der Waals surface area contributed by atoms with Gasteiger partial charge in [-0.05, 0) is 40.7 Å². The van der Waals surface area contributed by atoms with E-state index in [4.69, 9.17) is 0 Å². The largest absolute Gasteiger partial charge is 0.507 e. The van der Waals surface area contributed by atoms with Gasteiger partial charge in [-0.3, -0.25) is 14.9 Å². The van der Waals surface area contributed by atoms with Crippen molar-refractivity contribution in [3.63, 3.8) is 0 Å². The van der Waals surface area contributed by atoms with Crippen LogP contribution in [-0.4, -0.2) is 22.2 Å². The Balaban J connectivity index is 1.86. The van der Waals surface area contributed by atoms with Crippen LogP contribution in [0.2, 0.25) is 0 Å². The van der Waals surface area contributed by atoms with Gasteiger partial charge in [0, 0.05) is 33.3 Å². The summed E-state index contributed by atoms with van der Waals surface area (Å²) in [5.74, 6) is -0.110. The molecule has 0 atom stereocenters. The monoisotopic (exact) mass is 453 g/mol. The number of carbonyl (C=O) groups is 1. The van der Waals surface area contributed by atoms with Crippen LogP contribution in [0.5, 0.6) is 5.75 Å². The van der Waals surface area contributed by atoms with Crippen molar-refractivity contribution in [3.8, 4) is 5.75 Å². The fourth-order valence-corrected chi connectivity index (χ4v) is 4.28. The molecule has 0 bridgehead atoms. The van der Waals surface area contributed by atoms with Crippen molar-refractivity contribution in [2.75, 3.05) is 0 Å². The molecule has 0 saturated heterocycles. The Bertz CT molecular complexity index is 1200. The fourth-order valence-electron chi connectivity index (χ4n) is 3.35. The maximum absolute atomic E-state index is 12.5. The molecule has 2 N–H and O–H groups in total. The van der Waals surface area contributed by atoms with Crippen LogP contribution in [0.25, 0.3) is 10.1 Å². The summed E-state index contributed by atoms with van der Waals surface area (Å²) in [6, 6.07) is 9.87. The third-order valence-corrected chi connectivity index (χ3v) is 6.18. The number of aromatic hydroxyl groups is 1. The van der Waals surface area contributed by atoms with Gasteiger partial charge in [0.15, 0.2) is 0 Å². The molecule has 3 aromatic rings. The quantitative estimate of drug-likeness (QED) is 0.293. The Morgan fingerprint density at radius 1 is 1.06 bits per heavy atom. The van der Waals surface area contributed by atoms with Crippen LogP contribution in [0.15, 0.2) is 41.5 Å². The fraction of sp³-hybridized carbons (Fsp3) is 0.333. The van der Waals surface area contributed by atoms with Gasteiger partial charge in [-0.2, -0.15) is 5.10 Å². The molecule has 8 heteroatoms. The van der Waals surface area contributed by atoms with Crippen molar-refractivity contribution in [2.45, 2.75) is 52.4 Å². The van der Waals surface area contributed by atoms with Crippen LogP contribution in [0, 0.1) is 10.1 Å². The average molecular weight is 454 g/mol. The number of nitrogens with one attached hydrogen (secondary N) is 1. The van der Waals surface area contributed by atoms with E-state index in [-0.39, 0.29) is 22.3 Å². The summed E-state index contributed by atoms with van der Waals surface area (Å²) in [7, 11) is 0. The van der Waals surface area contributed by atoms with Crippen LogP contribution in [0.4, 0.5) is 5.69 Å². The smallest absolute Gasteiger partial charge is 0.281 e. The SMILES string of the molecule is CC(C)(C)c1cc(C=NNC(=O)c2cc3cc([N+](=O)[O-])ccc3s2)cc(C(C)(C)C)c1O. The van der Waals surface area contributed by atoms with Gasteiger partial charge in [-0.15, -0.1) is 11.3 Å². The minimum Gasteiger partial charge on any atom is -0.507 e. The van der Waals surface area contributed by atoms with Gasteiger partial charge in [0.2, 0.25) is 0 Å². The van der Waals surface area contributed by atoms with E-state index in [1.54, 1.807) is 18.3 Å². The lowest BCUT2D eigenvalue weighted by Gasteiger charge is -2.27. The molecule has 1 amide bonds. The number of phenolic OH excluding ortho intramolecular Hbond substituents is 1. The lowest BCUT2D eigenvalue weighted by atomic mass is 9.78. The maximum atomic E-state index is 12.5. The number of phenols is 1. The third-order valence-electron chi connectivity index (χ3n) is 5.06. The highest BCUT2D eigenvalue weighted by Crippen LogP contribution is 2.39. The van der Waals surface area contributed by atoms with Gasteiger partial charge < -0.3 is 5.11 Å². The second kappa shape index (κ2) is 8.35. The first-order valence-corrected chi connectivity index (χ1v) is 11.0. The highest BCUT2D eigenvalue weighted by atomic mass is 32.1. The Labute approximate surface area is 190 Å². The average Bonchev–Trinajstić information content (AvgIpc) is 3.10. The number of hydrogen-bond acceptors (Lipinski definition) is 6. The molecule has 3 rings (SSSR count). The van der Waals surface area contributed by atoms with Crippen molar-refractivity contribution in [2.24, 2.45) is 5.10 Å². The highest BCUT2D eigenvalue weighted by Gasteiger charge is 2.26. The van der Waals surface area contributed by atoms with Crippen LogP contribution < -0.4 is 5.43 Å². The lowest BCUT2D eigenvalue weighted by molar-refractivity contribution is -0.384. The van der Waals surface area contributed by atoms with Gasteiger partial charge >= 0.3 is 0 Å². The number of fused-ring (bicyclic) bond motifs is 1. The molecule has 0 radical (unpaired) electrons. The summed E-state index contributed by atoms with van der Waals surface area (Å²) in [6.07, 6.45) is 1.56. The van der Waals surface area contributed by atoms with Crippen molar-refractivity contribution in [1.82, 2.24) is 5.43 Å². The number of thiophene rings is 1. The molecular weight excluding hydrogens is 426 g/mol. The zero-order valence-corrected chi connectivity index (χ0v) is 19.8. The molecule has 168 valence electrons. The molecule has 0 fully saturated rings. The molecular formula is C24H27N3O4S.